The number of nitrogen functional groups attached to an aromatic ring is 1. The quantitative estimate of drug-likeness (QED) is 0.281. The Morgan fingerprint density at radius 3 is 1.33 bits per heavy atom. The number of benzene rings is 2. The Hall–Kier alpha value is -1.86. The van der Waals surface area contributed by atoms with Crippen molar-refractivity contribution in [2.75, 3.05) is 5.73 Å². The number of rotatable bonds is 4. The zero-order valence-corrected chi connectivity index (χ0v) is 15.8. The van der Waals surface area contributed by atoms with Crippen molar-refractivity contribution in [3.05, 3.63) is 18.2 Å². The van der Waals surface area contributed by atoms with Crippen LogP contribution in [-0.4, -0.2) is 51.9 Å². The number of fused-ring (bicyclic) bond motifs is 1. The summed E-state index contributed by atoms with van der Waals surface area (Å²) in [5.74, 6) is 0. The molecular weight excluding hydrogens is 454 g/mol. The third-order valence-corrected chi connectivity index (χ3v) is 7.01. The summed E-state index contributed by atoms with van der Waals surface area (Å²) in [7, 11) is -21.2. The maximum absolute atomic E-state index is 11.6. The molecule has 27 heavy (non-hydrogen) atoms. The highest BCUT2D eigenvalue weighted by molar-refractivity contribution is 7.89. The molecule has 0 spiro atoms. The molecule has 2 rings (SSSR count). The third kappa shape index (κ3) is 4.04. The van der Waals surface area contributed by atoms with Gasteiger partial charge in [0, 0.05) is 5.39 Å². The van der Waals surface area contributed by atoms with Crippen LogP contribution in [0.4, 0.5) is 5.69 Å². The highest BCUT2D eigenvalue weighted by Gasteiger charge is 2.30. The molecule has 150 valence electrons. The van der Waals surface area contributed by atoms with Gasteiger partial charge in [-0.05, 0) is 23.6 Å². The van der Waals surface area contributed by atoms with Gasteiger partial charge in [-0.2, -0.15) is 33.7 Å². The van der Waals surface area contributed by atoms with Crippen molar-refractivity contribution in [2.45, 2.75) is 19.6 Å². The molecule has 0 saturated heterocycles. The van der Waals surface area contributed by atoms with Crippen LogP contribution >= 0.6 is 0 Å². The predicted molar refractivity (Wildman–Crippen MR) is 87.6 cm³/mol. The molecule has 17 heteroatoms. The van der Waals surface area contributed by atoms with Crippen molar-refractivity contribution < 1.29 is 51.9 Å². The van der Waals surface area contributed by atoms with E-state index >= 15 is 0 Å². The van der Waals surface area contributed by atoms with Gasteiger partial charge in [-0.15, -0.1) is 0 Å². The fraction of sp³-hybridized carbons (Fsp3) is 0. The maximum atomic E-state index is 11.6. The highest BCUT2D eigenvalue weighted by Crippen LogP contribution is 2.37. The van der Waals surface area contributed by atoms with Gasteiger partial charge < -0.3 is 5.73 Å². The van der Waals surface area contributed by atoms with Crippen LogP contribution in [0.1, 0.15) is 0 Å². The van der Waals surface area contributed by atoms with Crippen LogP contribution in [0.15, 0.2) is 37.8 Å². The molecule has 0 radical (unpaired) electrons. The van der Waals surface area contributed by atoms with Gasteiger partial charge in [0.25, 0.3) is 40.5 Å². The first-order valence-electron chi connectivity index (χ1n) is 6.15. The van der Waals surface area contributed by atoms with Crippen LogP contribution < -0.4 is 5.73 Å². The summed E-state index contributed by atoms with van der Waals surface area (Å²) >= 11 is 0. The van der Waals surface area contributed by atoms with Gasteiger partial charge in [0.05, 0.1) is 5.69 Å². The summed E-state index contributed by atoms with van der Waals surface area (Å²) in [6.07, 6.45) is 0. The minimum Gasteiger partial charge on any atom is -0.396 e. The standard InChI is InChI=1S/C10H9NO12S4/c11-9-8(26(18,19)20)2-4-1-6(24(12,13)14)7(25(15,16)17)3-5(4)10(9)27(21,22)23/h1-3H,11H2,(H,12,13,14)(H,15,16,17)(H,18,19,20)(H,21,22,23). The van der Waals surface area contributed by atoms with E-state index in [1.165, 1.54) is 0 Å². The summed E-state index contributed by atoms with van der Waals surface area (Å²) in [6.45, 7) is 0. The van der Waals surface area contributed by atoms with E-state index in [1.54, 1.807) is 0 Å². The van der Waals surface area contributed by atoms with E-state index in [-0.39, 0.29) is 6.07 Å². The highest BCUT2D eigenvalue weighted by atomic mass is 32.2. The van der Waals surface area contributed by atoms with E-state index in [0.717, 1.165) is 0 Å². The number of anilines is 1. The molecule has 0 fully saturated rings. The van der Waals surface area contributed by atoms with Crippen LogP contribution in [0.25, 0.3) is 10.8 Å². The molecule has 0 aromatic heterocycles. The molecule has 0 heterocycles. The van der Waals surface area contributed by atoms with Gasteiger partial charge in [-0.1, -0.05) is 0 Å². The van der Waals surface area contributed by atoms with E-state index in [0.29, 0.717) is 12.1 Å². The lowest BCUT2D eigenvalue weighted by atomic mass is 10.1. The molecule has 6 N–H and O–H groups in total. The van der Waals surface area contributed by atoms with Crippen molar-refractivity contribution in [1.29, 1.82) is 0 Å². The first-order valence-corrected chi connectivity index (χ1v) is 11.9. The van der Waals surface area contributed by atoms with Gasteiger partial charge in [-0.25, -0.2) is 0 Å². The van der Waals surface area contributed by atoms with E-state index in [1.807, 2.05) is 0 Å². The molecule has 0 aliphatic heterocycles. The molecule has 0 saturated carbocycles. The van der Waals surface area contributed by atoms with Gasteiger partial charge >= 0.3 is 0 Å². The fourth-order valence-electron chi connectivity index (χ4n) is 2.26. The lowest BCUT2D eigenvalue weighted by Gasteiger charge is -2.13. The summed E-state index contributed by atoms with van der Waals surface area (Å²) in [4.78, 5) is -5.52. The molecule has 0 amide bonds. The lowest BCUT2D eigenvalue weighted by molar-refractivity contribution is 0.466. The van der Waals surface area contributed by atoms with Crippen molar-refractivity contribution in [2.24, 2.45) is 0 Å². The van der Waals surface area contributed by atoms with Crippen LogP contribution in [0.3, 0.4) is 0 Å². The maximum Gasteiger partial charge on any atom is 0.297 e. The summed E-state index contributed by atoms with van der Waals surface area (Å²) in [5.41, 5.74) is 4.15. The van der Waals surface area contributed by atoms with E-state index in [4.69, 9.17) is 19.4 Å². The van der Waals surface area contributed by atoms with Crippen LogP contribution in [0.5, 0.6) is 0 Å². The Morgan fingerprint density at radius 1 is 0.593 bits per heavy atom. The van der Waals surface area contributed by atoms with E-state index in [9.17, 15) is 38.2 Å². The Bertz CT molecular complexity index is 1400. The Kier molecular flexibility index (Phi) is 4.82. The number of nitrogens with two attached hydrogens (primary N) is 1. The van der Waals surface area contributed by atoms with Crippen molar-refractivity contribution in [3.63, 3.8) is 0 Å². The van der Waals surface area contributed by atoms with E-state index in [2.05, 4.69) is 0 Å². The lowest BCUT2D eigenvalue weighted by Crippen LogP contribution is -2.13. The summed E-state index contributed by atoms with van der Waals surface area (Å²) in [6, 6.07) is 1.01. The molecule has 0 atom stereocenters. The third-order valence-electron chi connectivity index (χ3n) is 3.25. The predicted octanol–water partition coefficient (Wildman–Crippen LogP) is -0.591. The second kappa shape index (κ2) is 6.07. The summed E-state index contributed by atoms with van der Waals surface area (Å²) in [5, 5.41) is -1.49. The normalized spacial score (nSPS) is 13.8. The van der Waals surface area contributed by atoms with Gasteiger partial charge in [-0.3, -0.25) is 18.2 Å². The van der Waals surface area contributed by atoms with Crippen LogP contribution in [-0.2, 0) is 40.5 Å². The fourth-order valence-corrected chi connectivity index (χ4v) is 5.63. The zero-order chi connectivity index (χ0) is 21.2. The minimum atomic E-state index is -5.35. The zero-order valence-electron chi connectivity index (χ0n) is 12.5. The minimum absolute atomic E-state index is 0.237. The van der Waals surface area contributed by atoms with Crippen molar-refractivity contribution >= 4 is 56.9 Å². The van der Waals surface area contributed by atoms with Gasteiger partial charge in [0.2, 0.25) is 0 Å². The molecule has 0 unspecified atom stereocenters. The molecule has 0 aliphatic carbocycles. The van der Waals surface area contributed by atoms with Crippen molar-refractivity contribution in [1.82, 2.24) is 0 Å². The topological polar surface area (TPSA) is 243 Å². The first-order chi connectivity index (χ1) is 11.8. The van der Waals surface area contributed by atoms with Gasteiger partial charge in [0.1, 0.15) is 19.6 Å². The monoisotopic (exact) mass is 463 g/mol. The second-order valence-electron chi connectivity index (χ2n) is 5.04. The number of hydrogen-bond donors (Lipinski definition) is 5. The molecule has 2 aromatic carbocycles. The van der Waals surface area contributed by atoms with Crippen LogP contribution in [0.2, 0.25) is 0 Å². The smallest absolute Gasteiger partial charge is 0.297 e. The second-order valence-corrected chi connectivity index (χ2v) is 10.6. The van der Waals surface area contributed by atoms with Gasteiger partial charge in [0.15, 0.2) is 0 Å². The average molecular weight is 463 g/mol. The Labute approximate surface area is 152 Å². The van der Waals surface area contributed by atoms with E-state index < -0.39 is 76.5 Å². The largest absolute Gasteiger partial charge is 0.396 e. The first kappa shape index (κ1) is 21.4. The molecular formula is C10H9NO12S4. The SMILES string of the molecule is Nc1c(S(=O)(=O)O)cc2cc(S(=O)(=O)O)c(S(=O)(=O)O)cc2c1S(=O)(=O)O. The van der Waals surface area contributed by atoms with Crippen molar-refractivity contribution in [3.8, 4) is 0 Å². The molecule has 0 aliphatic rings. The van der Waals surface area contributed by atoms with Crippen LogP contribution in [0, 0.1) is 0 Å². The summed E-state index contributed by atoms with van der Waals surface area (Å²) < 4.78 is 128. The molecule has 13 nitrogen and oxygen atoms in total. The average Bonchev–Trinajstić information content (AvgIpc) is 2.40. The number of hydrogen-bond acceptors (Lipinski definition) is 9. The molecule has 2 aromatic rings. The Balaban J connectivity index is 3.33. The molecule has 0 bridgehead atoms. The Morgan fingerprint density at radius 2 is 0.963 bits per heavy atom.